The quantitative estimate of drug-likeness (QED) is 0.637. The molecule has 0 unspecified atom stereocenters. The van der Waals surface area contributed by atoms with Crippen molar-refractivity contribution in [3.63, 3.8) is 0 Å². The van der Waals surface area contributed by atoms with Crippen molar-refractivity contribution >= 4 is 80.5 Å². The van der Waals surface area contributed by atoms with Gasteiger partial charge < -0.3 is 0 Å². The van der Waals surface area contributed by atoms with Crippen molar-refractivity contribution in [2.75, 3.05) is 0 Å². The molecule has 0 aliphatic rings. The maximum absolute atomic E-state index is 10.0. The van der Waals surface area contributed by atoms with E-state index >= 15 is 0 Å². The molecule has 0 spiro atoms. The van der Waals surface area contributed by atoms with Gasteiger partial charge in [-0.2, -0.15) is 0 Å². The second-order valence-electron chi connectivity index (χ2n) is 1.58. The van der Waals surface area contributed by atoms with Crippen LogP contribution in [0.2, 0.25) is 0 Å². The molecule has 0 aromatic rings. The summed E-state index contributed by atoms with van der Waals surface area (Å²) in [5.74, 6) is -0.125. The molecule has 0 saturated heterocycles. The third-order valence-electron chi connectivity index (χ3n) is 0.498. The van der Waals surface area contributed by atoms with Crippen molar-refractivity contribution in [1.82, 2.24) is 0 Å². The van der Waals surface area contributed by atoms with Crippen LogP contribution < -0.4 is 0 Å². The minimum atomic E-state index is -0.0625. The smallest absolute Gasteiger partial charge is 0.137 e. The minimum Gasteiger partial charge on any atom is -0.300 e. The van der Waals surface area contributed by atoms with E-state index in [4.69, 9.17) is 0 Å². The van der Waals surface area contributed by atoms with Crippen LogP contribution in [0.5, 0.6) is 0 Å². The van der Waals surface area contributed by atoms with Crippen LogP contribution in [0, 0.1) is 0 Å². The van der Waals surface area contributed by atoms with E-state index in [0.717, 1.165) is 0 Å². The summed E-state index contributed by atoms with van der Waals surface area (Å²) < 4.78 is 0. The summed E-state index contributed by atoms with van der Waals surface area (Å²) in [7, 11) is 0. The van der Waals surface area contributed by atoms with E-state index in [-0.39, 0.29) is 86.9 Å². The standard InChI is InChI=1S/C5H8O2.Cs/c1-4(6)3-5(2)7;/h3H2,1-2H3;. The summed E-state index contributed by atoms with van der Waals surface area (Å²) in [6.07, 6.45) is 0.0833. The van der Waals surface area contributed by atoms with Crippen LogP contribution in [0.15, 0.2) is 0 Å². The van der Waals surface area contributed by atoms with Crippen LogP contribution in [0.25, 0.3) is 0 Å². The zero-order chi connectivity index (χ0) is 5.86. The number of carbonyl (C=O) groups is 2. The summed E-state index contributed by atoms with van der Waals surface area (Å²) >= 11 is 0. The Balaban J connectivity index is 0. The van der Waals surface area contributed by atoms with E-state index in [0.29, 0.717) is 0 Å². The summed E-state index contributed by atoms with van der Waals surface area (Å²) in [6.45, 7) is 2.81. The van der Waals surface area contributed by atoms with Gasteiger partial charge in [-0.15, -0.1) is 0 Å². The Hall–Kier alpha value is 1.39. The average molecular weight is 233 g/mol. The predicted octanol–water partition coefficient (Wildman–Crippen LogP) is 0.174. The minimum absolute atomic E-state index is 0. The Kier molecular flexibility index (Phi) is 9.85. The molecule has 3 heteroatoms. The Morgan fingerprint density at radius 3 is 1.38 bits per heavy atom. The van der Waals surface area contributed by atoms with Crippen molar-refractivity contribution in [2.24, 2.45) is 0 Å². The molecule has 0 aliphatic heterocycles. The molecule has 0 bridgehead atoms. The normalized spacial score (nSPS) is 7.25. The van der Waals surface area contributed by atoms with Crippen LogP contribution in [-0.4, -0.2) is 80.5 Å². The van der Waals surface area contributed by atoms with Gasteiger partial charge in [0.15, 0.2) is 0 Å². The van der Waals surface area contributed by atoms with E-state index in [2.05, 4.69) is 0 Å². The van der Waals surface area contributed by atoms with Crippen molar-refractivity contribution in [3.8, 4) is 0 Å². The number of Topliss-reactive ketones (excluding diaryl/α,β-unsaturated/α-hetero) is 2. The molecule has 0 atom stereocenters. The van der Waals surface area contributed by atoms with Crippen LogP contribution in [0.4, 0.5) is 0 Å². The van der Waals surface area contributed by atoms with Gasteiger partial charge >= 0.3 is 0 Å². The molecular formula is C5H8CsO2. The first-order valence-electron chi connectivity index (χ1n) is 2.12. The number of rotatable bonds is 2. The van der Waals surface area contributed by atoms with Gasteiger partial charge in [-0.25, -0.2) is 0 Å². The van der Waals surface area contributed by atoms with Crippen LogP contribution in [0.3, 0.4) is 0 Å². The van der Waals surface area contributed by atoms with E-state index in [9.17, 15) is 9.59 Å². The topological polar surface area (TPSA) is 34.1 Å². The second kappa shape index (κ2) is 6.51. The number of ketones is 2. The van der Waals surface area contributed by atoms with E-state index in [1.807, 2.05) is 0 Å². The van der Waals surface area contributed by atoms with Crippen molar-refractivity contribution in [1.29, 1.82) is 0 Å². The van der Waals surface area contributed by atoms with E-state index in [1.165, 1.54) is 13.8 Å². The fourth-order valence-corrected chi connectivity index (χ4v) is 0.351. The average Bonchev–Trinajstić information content (AvgIpc) is 1.27. The molecule has 0 aliphatic carbocycles. The Morgan fingerprint density at radius 2 is 1.38 bits per heavy atom. The Morgan fingerprint density at radius 1 is 1.12 bits per heavy atom. The fourth-order valence-electron chi connectivity index (χ4n) is 0.351. The predicted molar refractivity (Wildman–Crippen MR) is 31.7 cm³/mol. The molecule has 0 aromatic heterocycles. The Labute approximate surface area is 108 Å². The van der Waals surface area contributed by atoms with Gasteiger partial charge in [0.2, 0.25) is 0 Å². The molecule has 2 nitrogen and oxygen atoms in total. The molecule has 0 amide bonds. The van der Waals surface area contributed by atoms with E-state index in [1.54, 1.807) is 0 Å². The molecule has 0 N–H and O–H groups in total. The zero-order valence-corrected chi connectivity index (χ0v) is 11.8. The third-order valence-corrected chi connectivity index (χ3v) is 0.498. The van der Waals surface area contributed by atoms with Crippen LogP contribution >= 0.6 is 0 Å². The summed E-state index contributed by atoms with van der Waals surface area (Å²) in [4.78, 5) is 20.1. The van der Waals surface area contributed by atoms with Gasteiger partial charge in [0, 0.05) is 68.9 Å². The monoisotopic (exact) mass is 233 g/mol. The number of carbonyl (C=O) groups excluding carboxylic acids is 2. The molecule has 0 heterocycles. The van der Waals surface area contributed by atoms with Gasteiger partial charge in [-0.1, -0.05) is 0 Å². The molecule has 0 saturated carbocycles. The Bertz CT molecular complexity index is 86.6. The van der Waals surface area contributed by atoms with Gasteiger partial charge in [-0.3, -0.25) is 9.59 Å². The van der Waals surface area contributed by atoms with Crippen molar-refractivity contribution in [2.45, 2.75) is 20.3 Å². The van der Waals surface area contributed by atoms with Gasteiger partial charge in [0.05, 0.1) is 6.42 Å². The van der Waals surface area contributed by atoms with E-state index < -0.39 is 0 Å². The molecule has 1 radical (unpaired) electrons. The summed E-state index contributed by atoms with van der Waals surface area (Å²) in [5.41, 5.74) is 0. The first kappa shape index (κ1) is 12.1. The van der Waals surface area contributed by atoms with Crippen LogP contribution in [-0.2, 0) is 9.59 Å². The van der Waals surface area contributed by atoms with Gasteiger partial charge in [0.1, 0.15) is 11.6 Å². The number of hydrogen-bond acceptors (Lipinski definition) is 2. The van der Waals surface area contributed by atoms with Gasteiger partial charge in [-0.05, 0) is 13.8 Å². The molecule has 0 fully saturated rings. The molecular weight excluding hydrogens is 225 g/mol. The molecule has 41 valence electrons. The first-order valence-corrected chi connectivity index (χ1v) is 2.12. The largest absolute Gasteiger partial charge is 0.300 e. The zero-order valence-electron chi connectivity index (χ0n) is 5.52. The van der Waals surface area contributed by atoms with Gasteiger partial charge in [0.25, 0.3) is 0 Å². The maximum atomic E-state index is 10.0. The summed E-state index contributed by atoms with van der Waals surface area (Å²) in [5, 5.41) is 0. The number of hydrogen-bond donors (Lipinski definition) is 0. The first-order chi connectivity index (χ1) is 3.13. The molecule has 0 aromatic carbocycles. The molecule has 8 heavy (non-hydrogen) atoms. The molecule has 0 rings (SSSR count). The van der Waals surface area contributed by atoms with Crippen molar-refractivity contribution in [3.05, 3.63) is 0 Å². The van der Waals surface area contributed by atoms with Crippen molar-refractivity contribution < 1.29 is 9.59 Å². The summed E-state index contributed by atoms with van der Waals surface area (Å²) in [6, 6.07) is 0. The maximum Gasteiger partial charge on any atom is 0.137 e. The SMILES string of the molecule is CC(=O)CC(C)=O.[Cs]. The fraction of sp³-hybridized carbons (Fsp3) is 0.600. The third kappa shape index (κ3) is 10.4. The van der Waals surface area contributed by atoms with Crippen LogP contribution in [0.1, 0.15) is 20.3 Å². The second-order valence-corrected chi connectivity index (χ2v) is 1.58.